The summed E-state index contributed by atoms with van der Waals surface area (Å²) in [5, 5.41) is 6.15. The zero-order chi connectivity index (χ0) is 14.5. The highest BCUT2D eigenvalue weighted by molar-refractivity contribution is 5.83. The predicted molar refractivity (Wildman–Crippen MR) is 88.3 cm³/mol. The molecule has 1 atom stereocenters. The normalized spacial score (nSPS) is 12.4. The van der Waals surface area contributed by atoms with Crippen LogP contribution in [-0.4, -0.2) is 11.5 Å². The van der Waals surface area contributed by atoms with Crippen LogP contribution in [0.1, 0.15) is 24.2 Å². The van der Waals surface area contributed by atoms with Crippen LogP contribution >= 0.6 is 0 Å². The first-order valence-corrected chi connectivity index (χ1v) is 7.49. The van der Waals surface area contributed by atoms with Gasteiger partial charge >= 0.3 is 0 Å². The number of benzene rings is 2. The van der Waals surface area contributed by atoms with Crippen LogP contribution in [-0.2, 0) is 6.42 Å². The minimum Gasteiger partial charge on any atom is -0.310 e. The van der Waals surface area contributed by atoms with E-state index in [0.717, 1.165) is 18.7 Å². The molecule has 0 bridgehead atoms. The smallest absolute Gasteiger partial charge is 0.0422 e. The maximum atomic E-state index is 4.45. The Labute approximate surface area is 125 Å². The molecular weight excluding hydrogens is 256 g/mol. The van der Waals surface area contributed by atoms with E-state index >= 15 is 0 Å². The fourth-order valence-electron chi connectivity index (χ4n) is 2.71. The van der Waals surface area contributed by atoms with E-state index < -0.39 is 0 Å². The van der Waals surface area contributed by atoms with Gasteiger partial charge in [0.1, 0.15) is 0 Å². The molecule has 3 rings (SSSR count). The van der Waals surface area contributed by atoms with Gasteiger partial charge in [0.25, 0.3) is 0 Å². The molecule has 0 radical (unpaired) electrons. The number of likely N-dealkylation sites (N-methyl/N-ethyl adjacent to an activating group) is 1. The topological polar surface area (TPSA) is 24.9 Å². The molecule has 0 aliphatic heterocycles. The molecule has 0 saturated heterocycles. The Morgan fingerprint density at radius 1 is 0.952 bits per heavy atom. The van der Waals surface area contributed by atoms with Gasteiger partial charge in [-0.05, 0) is 41.1 Å². The van der Waals surface area contributed by atoms with Crippen molar-refractivity contribution < 1.29 is 0 Å². The Hall–Kier alpha value is -2.19. The van der Waals surface area contributed by atoms with E-state index in [1.165, 1.54) is 16.3 Å². The summed E-state index contributed by atoms with van der Waals surface area (Å²) in [5.74, 6) is 0. The molecule has 1 N–H and O–H groups in total. The van der Waals surface area contributed by atoms with Crippen molar-refractivity contribution in [1.82, 2.24) is 10.3 Å². The third-order valence-corrected chi connectivity index (χ3v) is 3.77. The highest BCUT2D eigenvalue weighted by Gasteiger charge is 2.12. The Morgan fingerprint density at radius 2 is 1.76 bits per heavy atom. The fraction of sp³-hybridized carbons (Fsp3) is 0.211. The van der Waals surface area contributed by atoms with E-state index in [-0.39, 0.29) is 0 Å². The van der Waals surface area contributed by atoms with Crippen molar-refractivity contribution in [2.24, 2.45) is 0 Å². The molecule has 0 amide bonds. The summed E-state index contributed by atoms with van der Waals surface area (Å²) in [6.45, 7) is 3.09. The number of rotatable bonds is 5. The molecule has 0 aliphatic carbocycles. The number of nitrogens with one attached hydrogen (secondary N) is 1. The summed E-state index contributed by atoms with van der Waals surface area (Å²) in [4.78, 5) is 4.45. The number of hydrogen-bond donors (Lipinski definition) is 1. The van der Waals surface area contributed by atoms with Gasteiger partial charge < -0.3 is 5.32 Å². The molecule has 2 heteroatoms. The van der Waals surface area contributed by atoms with Gasteiger partial charge in [-0.3, -0.25) is 4.98 Å². The highest BCUT2D eigenvalue weighted by atomic mass is 14.9. The molecule has 0 fully saturated rings. The molecule has 3 aromatic rings. The van der Waals surface area contributed by atoms with Crippen molar-refractivity contribution in [1.29, 1.82) is 0 Å². The van der Waals surface area contributed by atoms with E-state index in [9.17, 15) is 0 Å². The highest BCUT2D eigenvalue weighted by Crippen LogP contribution is 2.22. The van der Waals surface area contributed by atoms with Crippen LogP contribution in [0.2, 0.25) is 0 Å². The van der Waals surface area contributed by atoms with E-state index in [2.05, 4.69) is 65.8 Å². The lowest BCUT2D eigenvalue weighted by atomic mass is 9.98. The average Bonchev–Trinajstić information content (AvgIpc) is 2.55. The molecule has 2 aromatic carbocycles. The molecule has 106 valence electrons. The van der Waals surface area contributed by atoms with E-state index in [0.29, 0.717) is 6.04 Å². The number of pyridine rings is 1. The van der Waals surface area contributed by atoms with Gasteiger partial charge in [-0.2, -0.15) is 0 Å². The first kappa shape index (κ1) is 13.8. The summed E-state index contributed by atoms with van der Waals surface area (Å²) in [5.41, 5.74) is 2.44. The van der Waals surface area contributed by atoms with Crippen LogP contribution in [0.4, 0.5) is 0 Å². The molecule has 1 aromatic heterocycles. The first-order chi connectivity index (χ1) is 10.4. The van der Waals surface area contributed by atoms with Crippen molar-refractivity contribution in [3.8, 4) is 0 Å². The third kappa shape index (κ3) is 3.29. The summed E-state index contributed by atoms with van der Waals surface area (Å²) in [6.07, 6.45) is 2.77. The van der Waals surface area contributed by atoms with Crippen molar-refractivity contribution >= 4 is 10.8 Å². The molecular formula is C19H20N2. The minimum atomic E-state index is 0.300. The SMILES string of the molecule is CCNC(Cc1ccccn1)c1ccc2ccccc2c1. The van der Waals surface area contributed by atoms with Crippen molar-refractivity contribution in [3.05, 3.63) is 78.1 Å². The van der Waals surface area contributed by atoms with Crippen LogP contribution in [0.5, 0.6) is 0 Å². The standard InChI is InChI=1S/C19H20N2/c1-2-20-19(14-18-9-5-6-12-21-18)17-11-10-15-7-3-4-8-16(15)13-17/h3-13,19-20H,2,14H2,1H3. The largest absolute Gasteiger partial charge is 0.310 e. The lowest BCUT2D eigenvalue weighted by Crippen LogP contribution is -2.23. The van der Waals surface area contributed by atoms with Crippen LogP contribution in [0.25, 0.3) is 10.8 Å². The van der Waals surface area contributed by atoms with Gasteiger partial charge in [-0.25, -0.2) is 0 Å². The van der Waals surface area contributed by atoms with Gasteiger partial charge in [0, 0.05) is 24.4 Å². The molecule has 0 spiro atoms. The number of aromatic nitrogens is 1. The third-order valence-electron chi connectivity index (χ3n) is 3.77. The van der Waals surface area contributed by atoms with Gasteiger partial charge in [-0.1, -0.05) is 49.4 Å². The van der Waals surface area contributed by atoms with Crippen molar-refractivity contribution in [3.63, 3.8) is 0 Å². The molecule has 0 aliphatic rings. The molecule has 0 saturated carbocycles. The zero-order valence-corrected chi connectivity index (χ0v) is 12.3. The Kier molecular flexibility index (Phi) is 4.27. The van der Waals surface area contributed by atoms with Crippen LogP contribution in [0.15, 0.2) is 66.9 Å². The average molecular weight is 276 g/mol. The Morgan fingerprint density at radius 3 is 2.52 bits per heavy atom. The van der Waals surface area contributed by atoms with Crippen LogP contribution in [0.3, 0.4) is 0 Å². The van der Waals surface area contributed by atoms with Gasteiger partial charge in [0.05, 0.1) is 0 Å². The summed E-state index contributed by atoms with van der Waals surface area (Å²) < 4.78 is 0. The van der Waals surface area contributed by atoms with E-state index in [4.69, 9.17) is 0 Å². The maximum absolute atomic E-state index is 4.45. The minimum absolute atomic E-state index is 0.300. The second kappa shape index (κ2) is 6.51. The van der Waals surface area contributed by atoms with Gasteiger partial charge in [0.2, 0.25) is 0 Å². The molecule has 1 heterocycles. The second-order valence-electron chi connectivity index (χ2n) is 5.24. The quantitative estimate of drug-likeness (QED) is 0.758. The van der Waals surface area contributed by atoms with Crippen molar-refractivity contribution in [2.45, 2.75) is 19.4 Å². The summed E-state index contributed by atoms with van der Waals surface area (Å²) in [7, 11) is 0. The summed E-state index contributed by atoms with van der Waals surface area (Å²) in [6, 6.07) is 21.6. The second-order valence-corrected chi connectivity index (χ2v) is 5.24. The van der Waals surface area contributed by atoms with Gasteiger partial charge in [0.15, 0.2) is 0 Å². The Bertz CT molecular complexity index is 707. The molecule has 2 nitrogen and oxygen atoms in total. The van der Waals surface area contributed by atoms with Gasteiger partial charge in [-0.15, -0.1) is 0 Å². The lowest BCUT2D eigenvalue weighted by Gasteiger charge is -2.18. The number of nitrogens with zero attached hydrogens (tertiary/aromatic N) is 1. The van der Waals surface area contributed by atoms with Crippen molar-refractivity contribution in [2.75, 3.05) is 6.54 Å². The first-order valence-electron chi connectivity index (χ1n) is 7.49. The summed E-state index contributed by atoms with van der Waals surface area (Å²) >= 11 is 0. The Balaban J connectivity index is 1.91. The monoisotopic (exact) mass is 276 g/mol. The predicted octanol–water partition coefficient (Wildman–Crippen LogP) is 4.13. The number of fused-ring (bicyclic) bond motifs is 1. The lowest BCUT2D eigenvalue weighted by molar-refractivity contribution is 0.544. The maximum Gasteiger partial charge on any atom is 0.0422 e. The van der Waals surface area contributed by atoms with E-state index in [1.807, 2.05) is 18.3 Å². The van der Waals surface area contributed by atoms with Crippen LogP contribution < -0.4 is 5.32 Å². The molecule has 21 heavy (non-hydrogen) atoms. The van der Waals surface area contributed by atoms with E-state index in [1.54, 1.807) is 0 Å². The fourth-order valence-corrected chi connectivity index (χ4v) is 2.71. The number of hydrogen-bond acceptors (Lipinski definition) is 2. The zero-order valence-electron chi connectivity index (χ0n) is 12.3. The van der Waals surface area contributed by atoms with Crippen LogP contribution in [0, 0.1) is 0 Å². The molecule has 1 unspecified atom stereocenters.